The van der Waals surface area contributed by atoms with Crippen LogP contribution < -0.4 is 29.6 Å². The highest BCUT2D eigenvalue weighted by atomic mass is 35.5. The largest absolute Gasteiger partial charge is 0.462 e. The van der Waals surface area contributed by atoms with Gasteiger partial charge >= 0.3 is 0 Å². The number of hydrogen-bond donors (Lipinski definition) is 0. The molecule has 0 unspecified atom stereocenters. The Morgan fingerprint density at radius 2 is 0.940 bits per heavy atom. The minimum Gasteiger partial charge on any atom is -0.462 e. The summed E-state index contributed by atoms with van der Waals surface area (Å²) >= 11 is 14.8. The van der Waals surface area contributed by atoms with Gasteiger partial charge in [0.05, 0.1) is 50.0 Å². The van der Waals surface area contributed by atoms with E-state index in [0.717, 1.165) is 33.0 Å². The van der Waals surface area contributed by atoms with Gasteiger partial charge in [0.15, 0.2) is 10.8 Å². The predicted molar refractivity (Wildman–Crippen MR) is 220 cm³/mol. The Kier molecular flexibility index (Phi) is 10.6. The Labute approximate surface area is 317 Å². The Morgan fingerprint density at radius 3 is 1.34 bits per heavy atom. The van der Waals surface area contributed by atoms with E-state index in [0.29, 0.717) is 0 Å². The first kappa shape index (κ1) is 35.5. The van der Waals surface area contributed by atoms with Gasteiger partial charge < -0.3 is 4.42 Å². The molecular weight excluding hydrogens is 734 g/mol. The molecule has 0 amide bonds. The van der Waals surface area contributed by atoms with Crippen LogP contribution >= 0.6 is 68.3 Å². The summed E-state index contributed by atoms with van der Waals surface area (Å²) in [4.78, 5) is 18.1. The third-order valence-corrected chi connectivity index (χ3v) is 15.6. The fraction of sp³-hybridized carbons (Fsp3) is 0.325. The lowest BCUT2D eigenvalue weighted by molar-refractivity contribution is 0.581. The zero-order chi connectivity index (χ0) is 35.1. The number of hydrogen-bond acceptors (Lipinski definition) is 9. The maximum Gasteiger partial charge on any atom is 0.162 e. The molecule has 3 aliphatic carbocycles. The smallest absolute Gasteiger partial charge is 0.162 e. The third kappa shape index (κ3) is 7.36. The number of thiophene rings is 2. The summed E-state index contributed by atoms with van der Waals surface area (Å²) in [6.07, 6.45) is 8.69. The molecular formula is C40H40ClN3OS5. The fourth-order valence-electron chi connectivity index (χ4n) is 6.21. The van der Waals surface area contributed by atoms with Crippen molar-refractivity contribution in [3.05, 3.63) is 81.5 Å². The van der Waals surface area contributed by atoms with Crippen LogP contribution in [-0.2, 0) is 0 Å². The zero-order valence-electron chi connectivity index (χ0n) is 29.5. The van der Waals surface area contributed by atoms with Crippen molar-refractivity contribution in [1.29, 1.82) is 0 Å². The van der Waals surface area contributed by atoms with Gasteiger partial charge in [-0.05, 0) is 140 Å². The molecule has 50 heavy (non-hydrogen) atoms. The fourth-order valence-corrected chi connectivity index (χ4v) is 11.7. The van der Waals surface area contributed by atoms with E-state index in [4.69, 9.17) is 31.0 Å². The maximum absolute atomic E-state index is 5.98. The monoisotopic (exact) mass is 773 g/mol. The molecule has 0 fully saturated rings. The maximum atomic E-state index is 5.98. The summed E-state index contributed by atoms with van der Waals surface area (Å²) < 4.78 is 10.3. The minimum atomic E-state index is 0.828. The lowest BCUT2D eigenvalue weighted by atomic mass is 10.0. The van der Waals surface area contributed by atoms with E-state index >= 15 is 0 Å². The first-order valence-corrected chi connectivity index (χ1v) is 21.4. The van der Waals surface area contributed by atoms with Gasteiger partial charge in [-0.1, -0.05) is 28.3 Å². The van der Waals surface area contributed by atoms with E-state index < -0.39 is 0 Å². The number of rotatable bonds is 3. The highest BCUT2D eigenvalue weighted by Crippen LogP contribution is 2.31. The molecule has 0 radical (unpaired) electrons. The molecule has 258 valence electrons. The summed E-state index contributed by atoms with van der Waals surface area (Å²) in [5, 5.41) is 6.93. The number of thiazole rings is 3. The minimum absolute atomic E-state index is 0.828. The lowest BCUT2D eigenvalue weighted by Crippen LogP contribution is -2.28. The van der Waals surface area contributed by atoms with Crippen molar-refractivity contribution in [3.63, 3.8) is 0 Å². The van der Waals surface area contributed by atoms with Crippen LogP contribution in [0.3, 0.4) is 0 Å². The van der Waals surface area contributed by atoms with E-state index in [-0.39, 0.29) is 0 Å². The lowest BCUT2D eigenvalue weighted by Gasteiger charge is -2.05. The molecule has 6 heterocycles. The summed E-state index contributed by atoms with van der Waals surface area (Å²) in [5.41, 5.74) is 8.68. The summed E-state index contributed by atoms with van der Waals surface area (Å²) in [5.74, 6) is 0.875. The number of fused-ring (bicyclic) bond motifs is 3. The van der Waals surface area contributed by atoms with Crippen LogP contribution in [0.15, 0.2) is 47.1 Å². The van der Waals surface area contributed by atoms with Crippen molar-refractivity contribution in [2.75, 3.05) is 0 Å². The van der Waals surface area contributed by atoms with Crippen molar-refractivity contribution in [2.24, 2.45) is 0 Å². The van der Waals surface area contributed by atoms with Crippen LogP contribution in [0.5, 0.6) is 0 Å². The molecule has 0 bridgehead atoms. The first-order chi connectivity index (χ1) is 24.0. The van der Waals surface area contributed by atoms with E-state index in [1.807, 2.05) is 40.9 Å². The van der Waals surface area contributed by atoms with Crippen molar-refractivity contribution in [3.8, 4) is 30.5 Å². The summed E-state index contributed by atoms with van der Waals surface area (Å²) in [6.45, 7) is 15.4. The molecule has 0 atom stereocenters. The molecule has 4 nitrogen and oxygen atoms in total. The normalized spacial score (nSPS) is 15.3. The molecule has 6 aromatic heterocycles. The highest BCUT2D eigenvalue weighted by molar-refractivity contribution is 7.23. The zero-order valence-corrected chi connectivity index (χ0v) is 34.3. The van der Waals surface area contributed by atoms with E-state index in [1.165, 1.54) is 108 Å². The SMILES string of the molecule is CC1=c2nc(-c3ccc(C)s3)sc2=C(C)CC1.CC1=c2nc(-c3ccc(Cl)s3)sc2=C(C)CC1.CC1=c2nc(-c3ccco3)sc2=C(C)CC1. The van der Waals surface area contributed by atoms with Gasteiger partial charge in [0, 0.05) is 4.88 Å². The van der Waals surface area contributed by atoms with Gasteiger partial charge in [-0.2, -0.15) is 0 Å². The number of furan rings is 1. The first-order valence-electron chi connectivity index (χ1n) is 16.9. The number of aryl methyl sites for hydroxylation is 1. The van der Waals surface area contributed by atoms with Gasteiger partial charge in [-0.15, -0.1) is 56.7 Å². The van der Waals surface area contributed by atoms with Crippen LogP contribution in [0.4, 0.5) is 0 Å². The molecule has 0 aromatic carbocycles. The van der Waals surface area contributed by atoms with Crippen LogP contribution in [0.1, 0.15) is 84.9 Å². The molecule has 0 N–H and O–H groups in total. The second kappa shape index (κ2) is 15.0. The van der Waals surface area contributed by atoms with Crippen molar-refractivity contribution >= 4 is 102 Å². The molecule has 6 aromatic rings. The van der Waals surface area contributed by atoms with Gasteiger partial charge in [-0.3, -0.25) is 0 Å². The van der Waals surface area contributed by atoms with E-state index in [2.05, 4.69) is 66.7 Å². The number of nitrogens with zero attached hydrogens (tertiary/aromatic N) is 3. The Hall–Kier alpha value is -2.92. The van der Waals surface area contributed by atoms with Gasteiger partial charge in [-0.25, -0.2) is 15.0 Å². The van der Waals surface area contributed by atoms with Crippen molar-refractivity contribution in [1.82, 2.24) is 15.0 Å². The number of aromatic nitrogens is 3. The van der Waals surface area contributed by atoms with Gasteiger partial charge in [0.25, 0.3) is 0 Å². The third-order valence-electron chi connectivity index (χ3n) is 9.35. The summed E-state index contributed by atoms with van der Waals surface area (Å²) in [6, 6.07) is 12.2. The summed E-state index contributed by atoms with van der Waals surface area (Å²) in [7, 11) is 0. The van der Waals surface area contributed by atoms with Crippen LogP contribution in [-0.4, -0.2) is 15.0 Å². The predicted octanol–water partition coefficient (Wildman–Crippen LogP) is 9.51. The van der Waals surface area contributed by atoms with Gasteiger partial charge in [0.1, 0.15) is 10.0 Å². The molecule has 10 heteroatoms. The molecule has 0 aliphatic heterocycles. The second-order valence-electron chi connectivity index (χ2n) is 13.3. The van der Waals surface area contributed by atoms with Crippen molar-refractivity contribution in [2.45, 2.75) is 87.0 Å². The quantitative estimate of drug-likeness (QED) is 0.180. The molecule has 0 saturated carbocycles. The molecule has 0 saturated heterocycles. The molecule has 3 aliphatic rings. The standard InChI is InChI=1S/C14H15NS2.C13H12ClNS2.C13H13NOS/c1-8-4-5-9(2)13-12(8)15-14(17-13)11-7-6-10(3)16-11;1-7-3-4-8(2)12-11(7)15-13(17-12)9-5-6-10(14)16-9;1-8-5-6-9(2)12-11(8)14-13(16-12)10-4-3-7-15-10/h6-7H,4-5H2,1-3H3;5-6H,3-4H2,1-2H3;3-4,7H,5-6H2,1-2H3. The molecule has 9 rings (SSSR count). The Morgan fingerprint density at radius 1 is 0.500 bits per heavy atom. The number of halogens is 1. The Bertz CT molecular complexity index is 2350. The molecule has 0 spiro atoms. The average Bonchev–Trinajstić information content (AvgIpc) is 3.94. The van der Waals surface area contributed by atoms with Crippen LogP contribution in [0.2, 0.25) is 4.34 Å². The van der Waals surface area contributed by atoms with Crippen molar-refractivity contribution < 1.29 is 4.42 Å². The van der Waals surface area contributed by atoms with E-state index in [9.17, 15) is 0 Å². The topological polar surface area (TPSA) is 51.8 Å². The van der Waals surface area contributed by atoms with Gasteiger partial charge in [0.2, 0.25) is 0 Å². The second-order valence-corrected chi connectivity index (χ2v) is 19.3. The highest BCUT2D eigenvalue weighted by Gasteiger charge is 2.15. The Balaban J connectivity index is 0.000000118. The van der Waals surface area contributed by atoms with Crippen LogP contribution in [0.25, 0.3) is 64.0 Å². The van der Waals surface area contributed by atoms with E-state index in [1.54, 1.807) is 40.3 Å². The van der Waals surface area contributed by atoms with Crippen LogP contribution in [0, 0.1) is 6.92 Å². The average molecular weight is 775 g/mol.